The van der Waals surface area contributed by atoms with Gasteiger partial charge in [0.2, 0.25) is 0 Å². The molecule has 13 heavy (non-hydrogen) atoms. The molecule has 1 unspecified atom stereocenters. The molecule has 0 bridgehead atoms. The maximum atomic E-state index is 11.3. The van der Waals surface area contributed by atoms with E-state index >= 15 is 0 Å². The quantitative estimate of drug-likeness (QED) is 0.649. The van der Waals surface area contributed by atoms with E-state index in [2.05, 4.69) is 0 Å². The minimum atomic E-state index is -2.92. The molecule has 0 aliphatic heterocycles. The molecular weight excluding hydrogens is 190 g/mol. The molecule has 1 atom stereocenters. The summed E-state index contributed by atoms with van der Waals surface area (Å²) in [5.74, 6) is 0.334. The zero-order chi connectivity index (χ0) is 10.3. The fraction of sp³-hybridized carbons (Fsp3) is 1.00. The van der Waals surface area contributed by atoms with Crippen LogP contribution in [0, 0.1) is 0 Å². The molecule has 0 aromatic carbocycles. The maximum absolute atomic E-state index is 11.3. The van der Waals surface area contributed by atoms with Crippen molar-refractivity contribution in [3.05, 3.63) is 0 Å². The van der Waals surface area contributed by atoms with E-state index in [9.17, 15) is 8.42 Å². The van der Waals surface area contributed by atoms with Crippen LogP contribution in [0.1, 0.15) is 19.8 Å². The highest BCUT2D eigenvalue weighted by Gasteiger charge is 2.10. The largest absolute Gasteiger partial charge is 0.384 e. The van der Waals surface area contributed by atoms with Crippen LogP contribution in [0.3, 0.4) is 0 Å². The van der Waals surface area contributed by atoms with E-state index in [1.54, 1.807) is 0 Å². The summed E-state index contributed by atoms with van der Waals surface area (Å²) in [7, 11) is -1.42. The molecule has 80 valence electrons. The molecular formula is C8H19NO3S. The Morgan fingerprint density at radius 1 is 1.38 bits per heavy atom. The van der Waals surface area contributed by atoms with Crippen molar-refractivity contribution in [2.75, 3.05) is 25.2 Å². The van der Waals surface area contributed by atoms with Gasteiger partial charge >= 0.3 is 0 Å². The van der Waals surface area contributed by atoms with E-state index in [1.807, 2.05) is 6.92 Å². The molecule has 0 heterocycles. The molecule has 5 heteroatoms. The first-order valence-corrected chi connectivity index (χ1v) is 6.25. The van der Waals surface area contributed by atoms with Crippen molar-refractivity contribution >= 4 is 9.84 Å². The van der Waals surface area contributed by atoms with Crippen LogP contribution in [0.4, 0.5) is 0 Å². The van der Waals surface area contributed by atoms with Crippen LogP contribution in [0.15, 0.2) is 0 Å². The number of ether oxygens (including phenoxy) is 1. The van der Waals surface area contributed by atoms with Crippen molar-refractivity contribution in [2.45, 2.75) is 25.8 Å². The number of hydrogen-bond acceptors (Lipinski definition) is 4. The number of sulfone groups is 1. The van der Waals surface area contributed by atoms with Gasteiger partial charge in [-0.05, 0) is 19.8 Å². The van der Waals surface area contributed by atoms with E-state index < -0.39 is 9.84 Å². The number of nitrogens with two attached hydrogens (primary N) is 1. The van der Waals surface area contributed by atoms with Gasteiger partial charge < -0.3 is 10.5 Å². The fourth-order valence-electron chi connectivity index (χ4n) is 0.938. The maximum Gasteiger partial charge on any atom is 0.152 e. The summed E-state index contributed by atoms with van der Waals surface area (Å²) in [5, 5.41) is 0. The fourth-order valence-corrected chi connectivity index (χ4v) is 2.17. The summed E-state index contributed by atoms with van der Waals surface area (Å²) in [4.78, 5) is 0. The molecule has 0 spiro atoms. The molecule has 2 N–H and O–H groups in total. The molecule has 0 aromatic rings. The van der Waals surface area contributed by atoms with Crippen LogP contribution in [0.2, 0.25) is 0 Å². The topological polar surface area (TPSA) is 69.4 Å². The molecule has 0 fully saturated rings. The van der Waals surface area contributed by atoms with Crippen LogP contribution in [-0.4, -0.2) is 39.7 Å². The minimum Gasteiger partial charge on any atom is -0.384 e. The third-order valence-corrected chi connectivity index (χ3v) is 3.41. The molecule has 0 amide bonds. The van der Waals surface area contributed by atoms with Gasteiger partial charge in [-0.1, -0.05) is 0 Å². The lowest BCUT2D eigenvalue weighted by molar-refractivity contribution is 0.217. The highest BCUT2D eigenvalue weighted by atomic mass is 32.2. The Hall–Kier alpha value is -0.130. The van der Waals surface area contributed by atoms with Crippen molar-refractivity contribution < 1.29 is 13.2 Å². The Morgan fingerprint density at radius 2 is 2.00 bits per heavy atom. The second-order valence-electron chi connectivity index (χ2n) is 3.26. The minimum absolute atomic E-state index is 0.0811. The van der Waals surface area contributed by atoms with Crippen LogP contribution >= 0.6 is 0 Å². The highest BCUT2D eigenvalue weighted by molar-refractivity contribution is 7.91. The average molecular weight is 209 g/mol. The molecule has 0 saturated heterocycles. The zero-order valence-electron chi connectivity index (χ0n) is 8.32. The summed E-state index contributed by atoms with van der Waals surface area (Å²) in [6.07, 6.45) is 1.40. The van der Waals surface area contributed by atoms with E-state index in [4.69, 9.17) is 10.5 Å². The molecule has 0 radical (unpaired) electrons. The molecule has 0 aliphatic carbocycles. The Morgan fingerprint density at radius 3 is 2.46 bits per heavy atom. The van der Waals surface area contributed by atoms with Gasteiger partial charge in [-0.25, -0.2) is 8.42 Å². The van der Waals surface area contributed by atoms with Crippen molar-refractivity contribution in [1.29, 1.82) is 0 Å². The first kappa shape index (κ1) is 12.9. The monoisotopic (exact) mass is 209 g/mol. The first-order valence-electron chi connectivity index (χ1n) is 4.43. The predicted octanol–water partition coefficient (Wildman–Crippen LogP) is 0.175. The van der Waals surface area contributed by atoms with Crippen molar-refractivity contribution in [1.82, 2.24) is 0 Å². The summed E-state index contributed by atoms with van der Waals surface area (Å²) >= 11 is 0. The Kier molecular flexibility index (Phi) is 6.28. The van der Waals surface area contributed by atoms with E-state index in [0.717, 1.165) is 6.42 Å². The number of hydrogen-bond donors (Lipinski definition) is 1. The molecule has 0 rings (SSSR count). The third kappa shape index (κ3) is 8.21. The van der Waals surface area contributed by atoms with Gasteiger partial charge in [0.1, 0.15) is 0 Å². The van der Waals surface area contributed by atoms with Crippen LogP contribution < -0.4 is 5.73 Å². The van der Waals surface area contributed by atoms with Gasteiger partial charge in [0, 0.05) is 13.2 Å². The van der Waals surface area contributed by atoms with Gasteiger partial charge in [0.25, 0.3) is 0 Å². The predicted molar refractivity (Wildman–Crippen MR) is 53.4 cm³/mol. The summed E-state index contributed by atoms with van der Waals surface area (Å²) in [5.41, 5.74) is 5.50. The van der Waals surface area contributed by atoms with E-state index in [0.29, 0.717) is 6.42 Å². The number of methoxy groups -OCH3 is 1. The molecule has 0 aromatic heterocycles. The number of rotatable bonds is 7. The second-order valence-corrected chi connectivity index (χ2v) is 5.57. The van der Waals surface area contributed by atoms with Gasteiger partial charge in [0.15, 0.2) is 9.84 Å². The lowest BCUT2D eigenvalue weighted by Crippen LogP contribution is -2.19. The standard InChI is InChI=1S/C8H19NO3S/c1-8(9)4-3-6-13(10,11)7-5-12-2/h8H,3-7,9H2,1-2H3. The molecule has 0 aliphatic rings. The van der Waals surface area contributed by atoms with Gasteiger partial charge in [-0.15, -0.1) is 0 Å². The molecule has 4 nitrogen and oxygen atoms in total. The normalized spacial score (nSPS) is 14.4. The Balaban J connectivity index is 3.64. The van der Waals surface area contributed by atoms with Gasteiger partial charge in [-0.3, -0.25) is 0 Å². The second kappa shape index (κ2) is 6.34. The summed E-state index contributed by atoms with van der Waals surface area (Å²) < 4.78 is 27.2. The van der Waals surface area contributed by atoms with Crippen molar-refractivity contribution in [3.8, 4) is 0 Å². The van der Waals surface area contributed by atoms with Crippen LogP contribution in [0.25, 0.3) is 0 Å². The first-order chi connectivity index (χ1) is 5.98. The van der Waals surface area contributed by atoms with E-state index in [-0.39, 0.29) is 24.2 Å². The summed E-state index contributed by atoms with van der Waals surface area (Å²) in [6.45, 7) is 2.16. The lowest BCUT2D eigenvalue weighted by atomic mass is 10.2. The molecule has 0 saturated carbocycles. The highest BCUT2D eigenvalue weighted by Crippen LogP contribution is 1.99. The smallest absolute Gasteiger partial charge is 0.152 e. The van der Waals surface area contributed by atoms with Crippen LogP contribution in [-0.2, 0) is 14.6 Å². The lowest BCUT2D eigenvalue weighted by Gasteiger charge is -2.05. The van der Waals surface area contributed by atoms with Gasteiger partial charge in [0.05, 0.1) is 18.1 Å². The van der Waals surface area contributed by atoms with Crippen molar-refractivity contribution in [2.24, 2.45) is 5.73 Å². The van der Waals surface area contributed by atoms with Crippen LogP contribution in [0.5, 0.6) is 0 Å². The SMILES string of the molecule is COCCS(=O)(=O)CCCC(C)N. The van der Waals surface area contributed by atoms with Gasteiger partial charge in [-0.2, -0.15) is 0 Å². The van der Waals surface area contributed by atoms with Crippen molar-refractivity contribution in [3.63, 3.8) is 0 Å². The average Bonchev–Trinajstić information content (AvgIpc) is 2.00. The third-order valence-electron chi connectivity index (χ3n) is 1.71. The van der Waals surface area contributed by atoms with E-state index in [1.165, 1.54) is 7.11 Å². The Labute approximate surface area is 80.4 Å². The Bertz CT molecular complexity index is 211. The summed E-state index contributed by atoms with van der Waals surface area (Å²) in [6, 6.07) is 0.0811. The zero-order valence-corrected chi connectivity index (χ0v) is 9.14.